The minimum Gasteiger partial charge on any atom is -0.357 e. The highest BCUT2D eigenvalue weighted by molar-refractivity contribution is 5.80. The maximum absolute atomic E-state index is 12.7. The molecule has 0 spiro atoms. The molecule has 0 saturated heterocycles. The van der Waals surface area contributed by atoms with Gasteiger partial charge in [-0.1, -0.05) is 37.5 Å². The van der Waals surface area contributed by atoms with Gasteiger partial charge in [0.25, 0.3) is 5.56 Å². The van der Waals surface area contributed by atoms with E-state index in [0.717, 1.165) is 49.4 Å². The Labute approximate surface area is 158 Å². The Morgan fingerprint density at radius 3 is 2.81 bits per heavy atom. The van der Waals surface area contributed by atoms with E-state index in [2.05, 4.69) is 45.2 Å². The van der Waals surface area contributed by atoms with Crippen LogP contribution in [0.1, 0.15) is 60.8 Å². The molecule has 0 amide bonds. The fourth-order valence-corrected chi connectivity index (χ4v) is 4.66. The van der Waals surface area contributed by atoms with Gasteiger partial charge in [-0.3, -0.25) is 9.69 Å². The van der Waals surface area contributed by atoms with Crippen LogP contribution in [0.4, 0.5) is 0 Å². The molecule has 5 nitrogen and oxygen atoms in total. The number of nitrogens with one attached hydrogen (secondary N) is 2. The van der Waals surface area contributed by atoms with Gasteiger partial charge in [-0.15, -0.1) is 0 Å². The van der Waals surface area contributed by atoms with Crippen LogP contribution in [-0.2, 0) is 19.5 Å². The molecule has 1 saturated carbocycles. The van der Waals surface area contributed by atoms with Gasteiger partial charge in [0.05, 0.1) is 11.3 Å². The number of hydrogen-bond donors (Lipinski definition) is 2. The fraction of sp³-hybridized carbons (Fsp3) is 0.455. The van der Waals surface area contributed by atoms with E-state index >= 15 is 0 Å². The maximum atomic E-state index is 12.7. The van der Waals surface area contributed by atoms with Crippen molar-refractivity contribution in [3.05, 3.63) is 63.5 Å². The van der Waals surface area contributed by atoms with Gasteiger partial charge in [-0.05, 0) is 30.4 Å². The van der Waals surface area contributed by atoms with Crippen LogP contribution in [0.3, 0.4) is 0 Å². The summed E-state index contributed by atoms with van der Waals surface area (Å²) >= 11 is 0. The van der Waals surface area contributed by atoms with E-state index in [1.165, 1.54) is 35.9 Å². The summed E-state index contributed by atoms with van der Waals surface area (Å²) < 4.78 is 0. The number of nitrogens with zero attached hydrogens (tertiary/aromatic N) is 2. The van der Waals surface area contributed by atoms with Crippen molar-refractivity contribution in [2.45, 2.75) is 57.5 Å². The zero-order valence-electron chi connectivity index (χ0n) is 15.6. The summed E-state index contributed by atoms with van der Waals surface area (Å²) in [6.45, 7) is 2.46. The predicted molar refractivity (Wildman–Crippen MR) is 107 cm³/mol. The molecular weight excluding hydrogens is 336 g/mol. The summed E-state index contributed by atoms with van der Waals surface area (Å²) in [7, 11) is 0. The van der Waals surface area contributed by atoms with Gasteiger partial charge >= 0.3 is 0 Å². The molecule has 0 unspecified atom stereocenters. The molecule has 1 aliphatic heterocycles. The molecule has 0 bridgehead atoms. The van der Waals surface area contributed by atoms with Crippen molar-refractivity contribution >= 4 is 10.9 Å². The predicted octanol–water partition coefficient (Wildman–Crippen LogP) is 3.86. The van der Waals surface area contributed by atoms with Crippen molar-refractivity contribution < 1.29 is 0 Å². The lowest BCUT2D eigenvalue weighted by Gasteiger charge is -2.28. The second-order valence-corrected chi connectivity index (χ2v) is 8.05. The average molecular weight is 362 g/mol. The summed E-state index contributed by atoms with van der Waals surface area (Å²) in [4.78, 5) is 26.6. The molecule has 0 radical (unpaired) electrons. The third kappa shape index (κ3) is 3.32. The zero-order chi connectivity index (χ0) is 18.2. The number of rotatable bonds is 3. The van der Waals surface area contributed by atoms with E-state index in [4.69, 9.17) is 4.98 Å². The van der Waals surface area contributed by atoms with Crippen LogP contribution >= 0.6 is 0 Å². The topological polar surface area (TPSA) is 64.8 Å². The molecule has 27 heavy (non-hydrogen) atoms. The van der Waals surface area contributed by atoms with Crippen LogP contribution in [0.5, 0.6) is 0 Å². The summed E-state index contributed by atoms with van der Waals surface area (Å²) in [5, 5.41) is 1.24. The van der Waals surface area contributed by atoms with Gasteiger partial charge in [0.15, 0.2) is 0 Å². The Hall–Kier alpha value is -2.40. The van der Waals surface area contributed by atoms with E-state index in [0.29, 0.717) is 12.5 Å². The fourth-order valence-electron chi connectivity index (χ4n) is 4.66. The molecule has 1 fully saturated rings. The largest absolute Gasteiger partial charge is 0.357 e. The van der Waals surface area contributed by atoms with E-state index < -0.39 is 0 Å². The van der Waals surface area contributed by atoms with E-state index in [-0.39, 0.29) is 5.56 Å². The van der Waals surface area contributed by atoms with Gasteiger partial charge < -0.3 is 9.97 Å². The van der Waals surface area contributed by atoms with Crippen LogP contribution in [0.25, 0.3) is 10.9 Å². The van der Waals surface area contributed by atoms with Gasteiger partial charge in [0, 0.05) is 43.2 Å². The molecule has 1 aliphatic carbocycles. The first-order valence-electron chi connectivity index (χ1n) is 10.2. The van der Waals surface area contributed by atoms with Crippen molar-refractivity contribution in [3.63, 3.8) is 0 Å². The summed E-state index contributed by atoms with van der Waals surface area (Å²) in [5.41, 5.74) is 4.32. The minimum absolute atomic E-state index is 0.0712. The first-order valence-corrected chi connectivity index (χ1v) is 10.2. The summed E-state index contributed by atoms with van der Waals surface area (Å²) in [5.74, 6) is 1.38. The lowest BCUT2D eigenvalue weighted by atomic mass is 9.88. The molecule has 5 heteroatoms. The highest BCUT2D eigenvalue weighted by Crippen LogP contribution is 2.31. The Kier molecular flexibility index (Phi) is 4.32. The maximum Gasteiger partial charge on any atom is 0.255 e. The molecule has 0 atom stereocenters. The Morgan fingerprint density at radius 1 is 1.11 bits per heavy atom. The second kappa shape index (κ2) is 6.97. The monoisotopic (exact) mass is 362 g/mol. The third-order valence-corrected chi connectivity index (χ3v) is 6.14. The molecule has 140 valence electrons. The molecule has 2 aromatic heterocycles. The molecule has 3 heterocycles. The van der Waals surface area contributed by atoms with Crippen LogP contribution < -0.4 is 5.56 Å². The summed E-state index contributed by atoms with van der Waals surface area (Å²) in [6, 6.07) is 10.6. The third-order valence-electron chi connectivity index (χ3n) is 6.14. The lowest BCUT2D eigenvalue weighted by molar-refractivity contribution is 0.238. The Morgan fingerprint density at radius 2 is 1.96 bits per heavy atom. The van der Waals surface area contributed by atoms with Crippen molar-refractivity contribution in [2.24, 2.45) is 0 Å². The summed E-state index contributed by atoms with van der Waals surface area (Å²) in [6.07, 6.45) is 7.00. The van der Waals surface area contributed by atoms with Crippen LogP contribution in [-0.4, -0.2) is 26.4 Å². The molecule has 5 rings (SSSR count). The number of hydrogen-bond acceptors (Lipinski definition) is 3. The first kappa shape index (κ1) is 16.8. The van der Waals surface area contributed by atoms with Gasteiger partial charge in [0.1, 0.15) is 5.82 Å². The lowest BCUT2D eigenvalue weighted by Crippen LogP contribution is -2.36. The number of benzene rings is 1. The van der Waals surface area contributed by atoms with E-state index in [9.17, 15) is 4.79 Å². The number of H-pyrrole nitrogens is 2. The number of fused-ring (bicyclic) bond motifs is 2. The zero-order valence-corrected chi connectivity index (χ0v) is 15.6. The van der Waals surface area contributed by atoms with Gasteiger partial charge in [-0.2, -0.15) is 0 Å². The minimum atomic E-state index is 0.0712. The first-order chi connectivity index (χ1) is 13.3. The number of aromatic nitrogens is 3. The van der Waals surface area contributed by atoms with E-state index in [1.807, 2.05) is 0 Å². The van der Waals surface area contributed by atoms with Crippen LogP contribution in [0.2, 0.25) is 0 Å². The van der Waals surface area contributed by atoms with Crippen molar-refractivity contribution in [1.82, 2.24) is 19.9 Å². The quantitative estimate of drug-likeness (QED) is 0.744. The second-order valence-electron chi connectivity index (χ2n) is 8.05. The van der Waals surface area contributed by atoms with Crippen LogP contribution in [0, 0.1) is 0 Å². The molecule has 2 aliphatic rings. The van der Waals surface area contributed by atoms with Crippen molar-refractivity contribution in [1.29, 1.82) is 0 Å². The normalized spacial score (nSPS) is 18.7. The Balaban J connectivity index is 1.35. The molecule has 3 aromatic rings. The van der Waals surface area contributed by atoms with Crippen molar-refractivity contribution in [3.8, 4) is 0 Å². The molecular formula is C22H26N4O. The average Bonchev–Trinajstić information content (AvgIpc) is 3.11. The number of para-hydroxylation sites is 1. The SMILES string of the molecule is O=c1[nH]c(C2CCCCC2)nc2c1CN(Cc1cc3ccccc3[nH]1)CC2. The smallest absolute Gasteiger partial charge is 0.255 e. The molecule has 1 aromatic carbocycles. The van der Waals surface area contributed by atoms with E-state index in [1.54, 1.807) is 0 Å². The van der Waals surface area contributed by atoms with Gasteiger partial charge in [-0.25, -0.2) is 4.98 Å². The van der Waals surface area contributed by atoms with Crippen molar-refractivity contribution in [2.75, 3.05) is 6.54 Å². The highest BCUT2D eigenvalue weighted by atomic mass is 16.1. The highest BCUT2D eigenvalue weighted by Gasteiger charge is 2.24. The standard InChI is InChI=1S/C22H26N4O/c27-22-18-14-26(13-17-12-16-8-4-5-9-19(16)23-17)11-10-20(18)24-21(25-22)15-6-2-1-3-7-15/h4-5,8-9,12,15,23H,1-3,6-7,10-11,13-14H2,(H,24,25,27). The molecule has 2 N–H and O–H groups in total. The van der Waals surface area contributed by atoms with Gasteiger partial charge in [0.2, 0.25) is 0 Å². The Bertz CT molecular complexity index is 980. The van der Waals surface area contributed by atoms with Crippen LogP contribution in [0.15, 0.2) is 35.1 Å². The number of aromatic amines is 2.